The fraction of sp³-hybridized carbons (Fsp3) is 0.889. The lowest BCUT2D eigenvalue weighted by Crippen LogP contribution is -2.39. The molecule has 0 spiro atoms. The quantitative estimate of drug-likeness (QED) is 0.467. The van der Waals surface area contributed by atoms with Gasteiger partial charge in [0.2, 0.25) is 0 Å². The molecule has 0 aromatic rings. The van der Waals surface area contributed by atoms with Crippen LogP contribution in [0.3, 0.4) is 0 Å². The van der Waals surface area contributed by atoms with Gasteiger partial charge in [-0.1, -0.05) is 6.92 Å². The average molecular weight is 174 g/mol. The molecule has 0 heterocycles. The van der Waals surface area contributed by atoms with Gasteiger partial charge in [0.15, 0.2) is 0 Å². The van der Waals surface area contributed by atoms with Crippen LogP contribution in [0.4, 0.5) is 0 Å². The van der Waals surface area contributed by atoms with Crippen molar-refractivity contribution >= 4 is 5.97 Å². The zero-order chi connectivity index (χ0) is 9.78. The van der Waals surface area contributed by atoms with E-state index in [1.54, 1.807) is 0 Å². The summed E-state index contributed by atoms with van der Waals surface area (Å²) in [5.74, 6) is 0.272. The van der Waals surface area contributed by atoms with Gasteiger partial charge in [-0.15, -0.1) is 0 Å². The van der Waals surface area contributed by atoms with Gasteiger partial charge in [-0.2, -0.15) is 0 Å². The fourth-order valence-corrected chi connectivity index (χ4v) is 1.37. The van der Waals surface area contributed by atoms with Crippen LogP contribution in [-0.2, 0) is 9.53 Å². The molecule has 0 aromatic heterocycles. The van der Waals surface area contributed by atoms with Crippen LogP contribution in [0.5, 0.6) is 0 Å². The van der Waals surface area contributed by atoms with Gasteiger partial charge < -0.3 is 9.22 Å². The Morgan fingerprint density at radius 1 is 1.42 bits per heavy atom. The average Bonchev–Trinajstić information content (AvgIpc) is 1.82. The molecular formula is C9H20NO2+. The van der Waals surface area contributed by atoms with E-state index in [1.165, 1.54) is 7.11 Å². The Hall–Kier alpha value is -0.570. The van der Waals surface area contributed by atoms with Crippen LogP contribution < -0.4 is 0 Å². The topological polar surface area (TPSA) is 26.3 Å². The highest BCUT2D eigenvalue weighted by molar-refractivity contribution is 5.69. The second kappa shape index (κ2) is 4.45. The Labute approximate surface area is 74.9 Å². The molecule has 0 fully saturated rings. The van der Waals surface area contributed by atoms with Crippen molar-refractivity contribution < 1.29 is 14.0 Å². The van der Waals surface area contributed by atoms with E-state index in [2.05, 4.69) is 32.8 Å². The lowest BCUT2D eigenvalue weighted by atomic mass is 10.1. The first-order valence-electron chi connectivity index (χ1n) is 4.22. The second-order valence-electron chi connectivity index (χ2n) is 4.36. The first-order valence-corrected chi connectivity index (χ1v) is 4.22. The minimum atomic E-state index is -0.115. The Morgan fingerprint density at radius 2 is 1.92 bits per heavy atom. The van der Waals surface area contributed by atoms with Gasteiger partial charge in [0, 0.05) is 5.92 Å². The van der Waals surface area contributed by atoms with Gasteiger partial charge in [0.25, 0.3) is 0 Å². The first-order chi connectivity index (χ1) is 5.35. The predicted molar refractivity (Wildman–Crippen MR) is 48.7 cm³/mol. The van der Waals surface area contributed by atoms with E-state index in [0.717, 1.165) is 11.0 Å². The maximum absolute atomic E-state index is 10.9. The maximum atomic E-state index is 10.9. The Morgan fingerprint density at radius 3 is 2.25 bits per heavy atom. The zero-order valence-electron chi connectivity index (χ0n) is 8.76. The molecule has 0 saturated carbocycles. The lowest BCUT2D eigenvalue weighted by molar-refractivity contribution is -0.873. The standard InChI is InChI=1S/C9H20NO2/c1-8(6-9(11)12-5)7-10(2,3)4/h8H,6-7H2,1-5H3/q+1/t8-/m1/s1. The number of rotatable bonds is 4. The molecule has 72 valence electrons. The molecule has 0 amide bonds. The van der Waals surface area contributed by atoms with Gasteiger partial charge >= 0.3 is 5.97 Å². The molecule has 0 saturated heterocycles. The van der Waals surface area contributed by atoms with Crippen molar-refractivity contribution in [2.75, 3.05) is 34.8 Å². The molecular weight excluding hydrogens is 154 g/mol. The number of esters is 1. The summed E-state index contributed by atoms with van der Waals surface area (Å²) >= 11 is 0. The van der Waals surface area contributed by atoms with E-state index >= 15 is 0 Å². The van der Waals surface area contributed by atoms with Crippen LogP contribution in [0.1, 0.15) is 13.3 Å². The summed E-state index contributed by atoms with van der Waals surface area (Å²) in [5, 5.41) is 0. The lowest BCUT2D eigenvalue weighted by Gasteiger charge is -2.26. The first kappa shape index (κ1) is 11.4. The molecule has 3 heteroatoms. The van der Waals surface area contributed by atoms with Crippen LogP contribution in [0, 0.1) is 5.92 Å². The highest BCUT2D eigenvalue weighted by atomic mass is 16.5. The summed E-state index contributed by atoms with van der Waals surface area (Å²) in [6, 6.07) is 0. The van der Waals surface area contributed by atoms with Crippen LogP contribution in [0.15, 0.2) is 0 Å². The van der Waals surface area contributed by atoms with Crippen molar-refractivity contribution in [3.05, 3.63) is 0 Å². The van der Waals surface area contributed by atoms with E-state index in [0.29, 0.717) is 12.3 Å². The summed E-state index contributed by atoms with van der Waals surface area (Å²) in [5.41, 5.74) is 0. The third kappa shape index (κ3) is 6.16. The predicted octanol–water partition coefficient (Wildman–Crippen LogP) is 0.892. The smallest absolute Gasteiger partial charge is 0.306 e. The van der Waals surface area contributed by atoms with Crippen molar-refractivity contribution in [1.29, 1.82) is 0 Å². The van der Waals surface area contributed by atoms with Crippen molar-refractivity contribution in [2.45, 2.75) is 13.3 Å². The summed E-state index contributed by atoms with van der Waals surface area (Å²) in [6.07, 6.45) is 0.520. The number of ether oxygens (including phenoxy) is 1. The zero-order valence-corrected chi connectivity index (χ0v) is 8.76. The summed E-state index contributed by atoms with van der Waals surface area (Å²) in [6.45, 7) is 3.06. The second-order valence-corrected chi connectivity index (χ2v) is 4.36. The van der Waals surface area contributed by atoms with Crippen molar-refractivity contribution in [1.82, 2.24) is 0 Å². The van der Waals surface area contributed by atoms with Crippen molar-refractivity contribution in [3.8, 4) is 0 Å². The van der Waals surface area contributed by atoms with E-state index in [-0.39, 0.29) is 5.97 Å². The Kier molecular flexibility index (Phi) is 4.24. The van der Waals surface area contributed by atoms with Crippen molar-refractivity contribution in [2.24, 2.45) is 5.92 Å². The molecule has 0 rings (SSSR count). The Bertz CT molecular complexity index is 149. The monoisotopic (exact) mass is 174 g/mol. The molecule has 0 unspecified atom stereocenters. The summed E-state index contributed by atoms with van der Waals surface area (Å²) < 4.78 is 5.48. The van der Waals surface area contributed by atoms with E-state index in [1.807, 2.05) is 0 Å². The molecule has 0 radical (unpaired) electrons. The SMILES string of the molecule is COC(=O)C[C@@H](C)C[N+](C)(C)C. The van der Waals surface area contributed by atoms with Gasteiger partial charge in [-0.3, -0.25) is 4.79 Å². The highest BCUT2D eigenvalue weighted by Gasteiger charge is 2.16. The van der Waals surface area contributed by atoms with Crippen LogP contribution in [-0.4, -0.2) is 45.2 Å². The largest absolute Gasteiger partial charge is 0.469 e. The van der Waals surface area contributed by atoms with Crippen LogP contribution in [0.2, 0.25) is 0 Å². The van der Waals surface area contributed by atoms with Crippen molar-refractivity contribution in [3.63, 3.8) is 0 Å². The van der Waals surface area contributed by atoms with E-state index < -0.39 is 0 Å². The molecule has 0 aromatic carbocycles. The number of carbonyl (C=O) groups excluding carboxylic acids is 1. The van der Waals surface area contributed by atoms with E-state index in [9.17, 15) is 4.79 Å². The van der Waals surface area contributed by atoms with E-state index in [4.69, 9.17) is 0 Å². The Balaban J connectivity index is 3.74. The number of nitrogens with zero attached hydrogens (tertiary/aromatic N) is 1. The summed E-state index contributed by atoms with van der Waals surface area (Å²) in [7, 11) is 7.79. The third-order valence-corrected chi connectivity index (χ3v) is 1.60. The number of quaternary nitrogens is 1. The molecule has 3 nitrogen and oxygen atoms in total. The molecule has 0 aliphatic heterocycles. The van der Waals surface area contributed by atoms with Crippen LogP contribution in [0.25, 0.3) is 0 Å². The van der Waals surface area contributed by atoms with Gasteiger partial charge in [0.1, 0.15) is 0 Å². The molecule has 12 heavy (non-hydrogen) atoms. The number of hydrogen-bond acceptors (Lipinski definition) is 2. The summed E-state index contributed by atoms with van der Waals surface area (Å²) in [4.78, 5) is 10.9. The van der Waals surface area contributed by atoms with Gasteiger partial charge in [-0.25, -0.2) is 0 Å². The van der Waals surface area contributed by atoms with Gasteiger partial charge in [0.05, 0.1) is 41.2 Å². The number of carbonyl (C=O) groups is 1. The minimum absolute atomic E-state index is 0.115. The molecule has 0 bridgehead atoms. The highest BCUT2D eigenvalue weighted by Crippen LogP contribution is 2.07. The molecule has 1 atom stereocenters. The minimum Gasteiger partial charge on any atom is -0.469 e. The molecule has 0 aliphatic rings. The number of methoxy groups -OCH3 is 1. The number of hydrogen-bond donors (Lipinski definition) is 0. The third-order valence-electron chi connectivity index (χ3n) is 1.60. The van der Waals surface area contributed by atoms with Gasteiger partial charge in [-0.05, 0) is 0 Å². The molecule has 0 aliphatic carbocycles. The maximum Gasteiger partial charge on any atom is 0.306 e. The van der Waals surface area contributed by atoms with Crippen LogP contribution >= 0.6 is 0 Å². The normalized spacial score (nSPS) is 14.1. The molecule has 0 N–H and O–H groups in total. The fourth-order valence-electron chi connectivity index (χ4n) is 1.37.